The Morgan fingerprint density at radius 3 is 2.79 bits per heavy atom. The van der Waals surface area contributed by atoms with Crippen LogP contribution in [0, 0.1) is 0 Å². The average molecular weight is 345 g/mol. The average Bonchev–Trinajstić information content (AvgIpc) is 2.85. The van der Waals surface area contributed by atoms with Crippen molar-refractivity contribution in [2.75, 3.05) is 12.3 Å². The second-order valence-electron chi connectivity index (χ2n) is 4.59. The lowest BCUT2D eigenvalue weighted by molar-refractivity contribution is 0.581. The van der Waals surface area contributed by atoms with Gasteiger partial charge >= 0.3 is 0 Å². The Balaban J connectivity index is 1.99. The minimum Gasteiger partial charge on any atom is -0.398 e. The summed E-state index contributed by atoms with van der Waals surface area (Å²) in [6, 6.07) is 4.64. The van der Waals surface area contributed by atoms with E-state index in [4.69, 9.17) is 5.73 Å². The number of nitrogens with two attached hydrogens (primary N) is 1. The van der Waals surface area contributed by atoms with Crippen molar-refractivity contribution in [1.29, 1.82) is 0 Å². The van der Waals surface area contributed by atoms with Crippen LogP contribution in [0.5, 0.6) is 0 Å². The van der Waals surface area contributed by atoms with Gasteiger partial charge in [0.2, 0.25) is 10.0 Å². The van der Waals surface area contributed by atoms with Crippen LogP contribution in [0.1, 0.15) is 25.7 Å². The Hall–Kier alpha value is -0.850. The van der Waals surface area contributed by atoms with E-state index in [0.29, 0.717) is 16.7 Å². The zero-order chi connectivity index (χ0) is 13.9. The van der Waals surface area contributed by atoms with Gasteiger partial charge in [0.15, 0.2) is 0 Å². The van der Waals surface area contributed by atoms with E-state index in [9.17, 15) is 8.42 Å². The topological polar surface area (TPSA) is 72.2 Å². The highest BCUT2D eigenvalue weighted by Crippen LogP contribution is 2.23. The van der Waals surface area contributed by atoms with E-state index in [1.165, 1.54) is 24.1 Å². The lowest BCUT2D eigenvalue weighted by Crippen LogP contribution is -2.25. The lowest BCUT2D eigenvalue weighted by atomic mass is 10.2. The summed E-state index contributed by atoms with van der Waals surface area (Å²) in [6.45, 7) is 0.435. The number of allylic oxidation sites excluding steroid dienone is 1. The molecule has 1 aromatic carbocycles. The summed E-state index contributed by atoms with van der Waals surface area (Å²) in [5.74, 6) is 0. The monoisotopic (exact) mass is 344 g/mol. The van der Waals surface area contributed by atoms with Gasteiger partial charge in [-0.1, -0.05) is 11.6 Å². The first-order valence-electron chi connectivity index (χ1n) is 6.21. The van der Waals surface area contributed by atoms with Crippen LogP contribution in [-0.4, -0.2) is 15.0 Å². The third kappa shape index (κ3) is 3.81. The molecule has 0 aliphatic heterocycles. The van der Waals surface area contributed by atoms with Gasteiger partial charge in [-0.2, -0.15) is 0 Å². The molecule has 0 fully saturated rings. The first-order valence-corrected chi connectivity index (χ1v) is 8.49. The molecule has 0 amide bonds. The maximum atomic E-state index is 12.1. The second kappa shape index (κ2) is 6.07. The van der Waals surface area contributed by atoms with E-state index in [1.54, 1.807) is 6.07 Å². The van der Waals surface area contributed by atoms with Gasteiger partial charge < -0.3 is 5.73 Å². The Kier molecular flexibility index (Phi) is 4.65. The number of sulfonamides is 1. The van der Waals surface area contributed by atoms with Crippen LogP contribution >= 0.6 is 15.9 Å². The normalized spacial score (nSPS) is 15.5. The maximum absolute atomic E-state index is 12.1. The Morgan fingerprint density at radius 2 is 2.16 bits per heavy atom. The standard InChI is InChI=1S/C13H17BrN2O2S/c14-12-6-5-11(9-13(12)15)19(17,18)16-8-7-10-3-1-2-4-10/h3,5-6,9,16H,1-2,4,7-8,15H2. The zero-order valence-corrected chi connectivity index (χ0v) is 12.9. The highest BCUT2D eigenvalue weighted by atomic mass is 79.9. The van der Waals surface area contributed by atoms with E-state index >= 15 is 0 Å². The first-order chi connectivity index (χ1) is 8.99. The molecule has 0 heterocycles. The van der Waals surface area contributed by atoms with Gasteiger partial charge in [-0.15, -0.1) is 0 Å². The molecule has 1 aliphatic rings. The molecule has 0 aromatic heterocycles. The first kappa shape index (κ1) is 14.6. The van der Waals surface area contributed by atoms with Gasteiger partial charge in [-0.3, -0.25) is 0 Å². The molecule has 4 nitrogen and oxygen atoms in total. The molecular weight excluding hydrogens is 328 g/mol. The molecule has 0 saturated heterocycles. The molecule has 0 bridgehead atoms. The third-order valence-corrected chi connectivity index (χ3v) is 5.33. The molecule has 0 radical (unpaired) electrons. The molecule has 6 heteroatoms. The molecule has 1 aliphatic carbocycles. The van der Waals surface area contributed by atoms with Gasteiger partial charge in [0.1, 0.15) is 0 Å². The molecule has 0 unspecified atom stereocenters. The summed E-state index contributed by atoms with van der Waals surface area (Å²) in [5.41, 5.74) is 7.46. The smallest absolute Gasteiger partial charge is 0.240 e. The van der Waals surface area contributed by atoms with Crippen molar-refractivity contribution in [3.63, 3.8) is 0 Å². The predicted molar refractivity (Wildman–Crippen MR) is 80.3 cm³/mol. The molecule has 0 spiro atoms. The maximum Gasteiger partial charge on any atom is 0.240 e. The number of nitrogen functional groups attached to an aromatic ring is 1. The molecule has 104 valence electrons. The summed E-state index contributed by atoms with van der Waals surface area (Å²) in [7, 11) is -3.47. The highest BCUT2D eigenvalue weighted by Gasteiger charge is 2.15. The molecular formula is C13H17BrN2O2S. The van der Waals surface area contributed by atoms with E-state index in [1.807, 2.05) is 0 Å². The number of hydrogen-bond acceptors (Lipinski definition) is 3. The van der Waals surface area contributed by atoms with E-state index < -0.39 is 10.0 Å². The van der Waals surface area contributed by atoms with Crippen molar-refractivity contribution in [2.24, 2.45) is 0 Å². The third-order valence-electron chi connectivity index (χ3n) is 3.15. The fourth-order valence-corrected chi connectivity index (χ4v) is 3.40. The number of benzene rings is 1. The minimum atomic E-state index is -3.47. The quantitative estimate of drug-likeness (QED) is 0.637. The Labute approximate surface area is 122 Å². The van der Waals surface area contributed by atoms with Crippen molar-refractivity contribution in [3.05, 3.63) is 34.3 Å². The summed E-state index contributed by atoms with van der Waals surface area (Å²) in [5, 5.41) is 0. The van der Waals surface area contributed by atoms with Crippen molar-refractivity contribution in [2.45, 2.75) is 30.6 Å². The fraction of sp³-hybridized carbons (Fsp3) is 0.385. The summed E-state index contributed by atoms with van der Waals surface area (Å²) in [4.78, 5) is 0.202. The fourth-order valence-electron chi connectivity index (χ4n) is 2.08. The van der Waals surface area contributed by atoms with Gasteiger partial charge in [0.25, 0.3) is 0 Å². The van der Waals surface area contributed by atoms with Crippen molar-refractivity contribution in [1.82, 2.24) is 4.72 Å². The zero-order valence-electron chi connectivity index (χ0n) is 10.5. The molecule has 1 aromatic rings. The molecule has 2 rings (SSSR count). The van der Waals surface area contributed by atoms with Crippen LogP contribution in [-0.2, 0) is 10.0 Å². The Morgan fingerprint density at radius 1 is 1.37 bits per heavy atom. The van der Waals surface area contributed by atoms with Crippen LogP contribution < -0.4 is 10.5 Å². The van der Waals surface area contributed by atoms with E-state index in [0.717, 1.165) is 19.3 Å². The van der Waals surface area contributed by atoms with Crippen LogP contribution in [0.3, 0.4) is 0 Å². The largest absolute Gasteiger partial charge is 0.398 e. The van der Waals surface area contributed by atoms with E-state index in [2.05, 4.69) is 26.7 Å². The predicted octanol–water partition coefficient (Wildman–Crippen LogP) is 2.81. The van der Waals surface area contributed by atoms with Gasteiger partial charge in [0.05, 0.1) is 4.90 Å². The molecule has 0 atom stereocenters. The van der Waals surface area contributed by atoms with Gasteiger partial charge in [-0.05, 0) is 59.8 Å². The SMILES string of the molecule is Nc1cc(S(=O)(=O)NCCC2=CCCC2)ccc1Br. The van der Waals surface area contributed by atoms with Crippen molar-refractivity contribution >= 4 is 31.6 Å². The van der Waals surface area contributed by atoms with Gasteiger partial charge in [-0.25, -0.2) is 13.1 Å². The van der Waals surface area contributed by atoms with Crippen LogP contribution in [0.25, 0.3) is 0 Å². The highest BCUT2D eigenvalue weighted by molar-refractivity contribution is 9.10. The number of hydrogen-bond donors (Lipinski definition) is 2. The van der Waals surface area contributed by atoms with Crippen molar-refractivity contribution < 1.29 is 8.42 Å². The van der Waals surface area contributed by atoms with Crippen LogP contribution in [0.4, 0.5) is 5.69 Å². The van der Waals surface area contributed by atoms with Crippen molar-refractivity contribution in [3.8, 4) is 0 Å². The molecule has 19 heavy (non-hydrogen) atoms. The Bertz CT molecular complexity index is 597. The molecule has 0 saturated carbocycles. The van der Waals surface area contributed by atoms with Gasteiger partial charge in [0, 0.05) is 16.7 Å². The number of rotatable bonds is 5. The number of anilines is 1. The summed E-state index contributed by atoms with van der Waals surface area (Å²) in [6.07, 6.45) is 6.38. The second-order valence-corrected chi connectivity index (χ2v) is 7.21. The van der Waals surface area contributed by atoms with Crippen LogP contribution in [0.15, 0.2) is 39.2 Å². The van der Waals surface area contributed by atoms with E-state index in [-0.39, 0.29) is 4.90 Å². The number of nitrogens with one attached hydrogen (secondary N) is 1. The number of halogens is 1. The van der Waals surface area contributed by atoms with Crippen LogP contribution in [0.2, 0.25) is 0 Å². The summed E-state index contributed by atoms with van der Waals surface area (Å²) >= 11 is 3.25. The molecule has 3 N–H and O–H groups in total. The summed E-state index contributed by atoms with van der Waals surface area (Å²) < 4.78 is 27.4. The minimum absolute atomic E-state index is 0.202. The lowest BCUT2D eigenvalue weighted by Gasteiger charge is -2.08.